The second kappa shape index (κ2) is 9.47. The summed E-state index contributed by atoms with van der Waals surface area (Å²) in [5.74, 6) is 1.18. The molecule has 7 nitrogen and oxygen atoms in total. The molecule has 186 valence electrons. The minimum Gasteiger partial charge on any atom is -0.490 e. The number of aliphatic hydroxyl groups is 1. The third-order valence-corrected chi connectivity index (χ3v) is 7.28. The molecule has 7 heteroatoms. The maximum absolute atomic E-state index is 12.4. The molecule has 2 aromatic heterocycles. The predicted molar refractivity (Wildman–Crippen MR) is 135 cm³/mol. The molecular weight excluding hydrogens is 460 g/mol. The third kappa shape index (κ3) is 4.07. The summed E-state index contributed by atoms with van der Waals surface area (Å²) in [6.07, 6.45) is 6.15. The Morgan fingerprint density at radius 3 is 1.53 bits per heavy atom. The van der Waals surface area contributed by atoms with Crippen LogP contribution in [-0.2, 0) is 25.7 Å². The molecule has 0 fully saturated rings. The first-order valence-electron chi connectivity index (χ1n) is 12.7. The van der Waals surface area contributed by atoms with E-state index in [-0.39, 0.29) is 24.5 Å². The Balaban J connectivity index is 1.22. The topological polar surface area (TPSA) is 99.1 Å². The van der Waals surface area contributed by atoms with Gasteiger partial charge in [-0.05, 0) is 86.8 Å². The maximum atomic E-state index is 12.4. The fourth-order valence-electron chi connectivity index (χ4n) is 5.58. The molecule has 1 N–H and O–H groups in total. The van der Waals surface area contributed by atoms with E-state index in [2.05, 4.69) is 0 Å². The number of benzene rings is 2. The lowest BCUT2D eigenvalue weighted by molar-refractivity contribution is 0.0636. The minimum atomic E-state index is -0.895. The zero-order valence-corrected chi connectivity index (χ0v) is 20.0. The molecule has 2 aromatic carbocycles. The van der Waals surface area contributed by atoms with Gasteiger partial charge in [-0.2, -0.15) is 0 Å². The summed E-state index contributed by atoms with van der Waals surface area (Å²) in [6, 6.07) is 10.8. The van der Waals surface area contributed by atoms with Gasteiger partial charge in [-0.25, -0.2) is 9.59 Å². The molecule has 0 atom stereocenters. The van der Waals surface area contributed by atoms with Gasteiger partial charge in [-0.1, -0.05) is 12.1 Å². The van der Waals surface area contributed by atoms with Crippen molar-refractivity contribution in [2.45, 2.75) is 57.5 Å². The number of ether oxygens (including phenoxy) is 2. The summed E-state index contributed by atoms with van der Waals surface area (Å²) in [5.41, 5.74) is 3.94. The molecule has 0 saturated carbocycles. The molecule has 0 aliphatic heterocycles. The highest BCUT2D eigenvalue weighted by atomic mass is 16.5. The zero-order chi connectivity index (χ0) is 24.6. The fourth-order valence-corrected chi connectivity index (χ4v) is 5.58. The SMILES string of the molecule is O=c1oc2cccc(OCC(O)COc3cccc4oc(=O)c5c(c34)CCCC5)c2c2c1CCCC2. The van der Waals surface area contributed by atoms with Crippen LogP contribution in [0.4, 0.5) is 0 Å². The van der Waals surface area contributed by atoms with Gasteiger partial charge in [0, 0.05) is 11.1 Å². The summed E-state index contributed by atoms with van der Waals surface area (Å²) in [7, 11) is 0. The average Bonchev–Trinajstić information content (AvgIpc) is 2.90. The highest BCUT2D eigenvalue weighted by Gasteiger charge is 2.22. The van der Waals surface area contributed by atoms with Gasteiger partial charge in [-0.15, -0.1) is 0 Å². The first-order chi connectivity index (χ1) is 17.6. The van der Waals surface area contributed by atoms with Gasteiger partial charge in [0.1, 0.15) is 42.0 Å². The van der Waals surface area contributed by atoms with Crippen LogP contribution in [0.5, 0.6) is 11.5 Å². The maximum Gasteiger partial charge on any atom is 0.339 e. The van der Waals surface area contributed by atoms with Crippen LogP contribution in [0.25, 0.3) is 21.9 Å². The van der Waals surface area contributed by atoms with E-state index in [0.29, 0.717) is 35.5 Å². The molecular formula is C29H28O7. The van der Waals surface area contributed by atoms with Gasteiger partial charge in [0.15, 0.2) is 0 Å². The zero-order valence-electron chi connectivity index (χ0n) is 20.0. The first kappa shape index (κ1) is 22.9. The van der Waals surface area contributed by atoms with E-state index in [1.165, 1.54) is 0 Å². The van der Waals surface area contributed by atoms with Crippen molar-refractivity contribution in [3.8, 4) is 11.5 Å². The van der Waals surface area contributed by atoms with Crippen LogP contribution in [-0.4, -0.2) is 24.4 Å². The second-order valence-corrected chi connectivity index (χ2v) is 9.64. The van der Waals surface area contributed by atoms with E-state index in [0.717, 1.165) is 71.6 Å². The summed E-state index contributed by atoms with van der Waals surface area (Å²) >= 11 is 0. The Bertz CT molecular complexity index is 1450. The summed E-state index contributed by atoms with van der Waals surface area (Å²) in [6.45, 7) is 0.0376. The van der Waals surface area contributed by atoms with Crippen molar-refractivity contribution in [2.24, 2.45) is 0 Å². The average molecular weight is 489 g/mol. The molecule has 0 radical (unpaired) electrons. The van der Waals surface area contributed by atoms with Crippen LogP contribution in [0.15, 0.2) is 54.8 Å². The van der Waals surface area contributed by atoms with Crippen molar-refractivity contribution in [3.63, 3.8) is 0 Å². The molecule has 6 rings (SSSR count). The molecule has 36 heavy (non-hydrogen) atoms. The summed E-state index contributed by atoms with van der Waals surface area (Å²) < 4.78 is 23.1. The first-order valence-corrected chi connectivity index (χ1v) is 12.7. The van der Waals surface area contributed by atoms with Crippen LogP contribution >= 0.6 is 0 Å². The number of hydrogen-bond donors (Lipinski definition) is 1. The van der Waals surface area contributed by atoms with Crippen LogP contribution < -0.4 is 20.7 Å². The molecule has 0 spiro atoms. The minimum absolute atomic E-state index is 0.0188. The van der Waals surface area contributed by atoms with Gasteiger partial charge >= 0.3 is 11.3 Å². The van der Waals surface area contributed by atoms with Gasteiger partial charge in [-0.3, -0.25) is 0 Å². The van der Waals surface area contributed by atoms with E-state index in [4.69, 9.17) is 18.3 Å². The van der Waals surface area contributed by atoms with Gasteiger partial charge in [0.2, 0.25) is 0 Å². The van der Waals surface area contributed by atoms with E-state index in [1.54, 1.807) is 24.3 Å². The summed E-state index contributed by atoms with van der Waals surface area (Å²) in [5, 5.41) is 12.3. The molecule has 4 aromatic rings. The smallest absolute Gasteiger partial charge is 0.339 e. The monoisotopic (exact) mass is 488 g/mol. The Hall–Kier alpha value is -3.58. The highest BCUT2D eigenvalue weighted by Crippen LogP contribution is 2.35. The van der Waals surface area contributed by atoms with Gasteiger partial charge in [0.25, 0.3) is 0 Å². The van der Waals surface area contributed by atoms with Gasteiger partial charge < -0.3 is 23.4 Å². The molecule has 2 heterocycles. The van der Waals surface area contributed by atoms with Crippen LogP contribution in [0.1, 0.15) is 47.9 Å². The van der Waals surface area contributed by atoms with Crippen molar-refractivity contribution in [2.75, 3.05) is 13.2 Å². The van der Waals surface area contributed by atoms with Crippen molar-refractivity contribution in [1.29, 1.82) is 0 Å². The van der Waals surface area contributed by atoms with Gasteiger partial charge in [0.05, 0.1) is 10.8 Å². The Labute approximate surface area is 207 Å². The quantitative estimate of drug-likeness (QED) is 0.400. The van der Waals surface area contributed by atoms with Crippen LogP contribution in [0, 0.1) is 0 Å². The number of fused-ring (bicyclic) bond motifs is 6. The number of aliphatic hydroxyl groups excluding tert-OH is 1. The van der Waals surface area contributed by atoms with Crippen molar-refractivity contribution in [1.82, 2.24) is 0 Å². The normalized spacial score (nSPS) is 15.2. The van der Waals surface area contributed by atoms with Crippen LogP contribution in [0.3, 0.4) is 0 Å². The Kier molecular flexibility index (Phi) is 6.01. The highest BCUT2D eigenvalue weighted by molar-refractivity contribution is 5.88. The molecule has 0 unspecified atom stereocenters. The Morgan fingerprint density at radius 1 is 0.667 bits per heavy atom. The number of rotatable bonds is 6. The molecule has 0 amide bonds. The molecule has 2 aliphatic carbocycles. The lowest BCUT2D eigenvalue weighted by Crippen LogP contribution is -2.25. The van der Waals surface area contributed by atoms with E-state index in [1.807, 2.05) is 12.1 Å². The number of aryl methyl sites for hydroxylation is 2. The predicted octanol–water partition coefficient (Wildman–Crippen LogP) is 4.48. The molecule has 0 saturated heterocycles. The van der Waals surface area contributed by atoms with Crippen molar-refractivity contribution < 1.29 is 23.4 Å². The van der Waals surface area contributed by atoms with E-state index >= 15 is 0 Å². The molecule has 0 bridgehead atoms. The van der Waals surface area contributed by atoms with E-state index < -0.39 is 6.10 Å². The Morgan fingerprint density at radius 2 is 1.08 bits per heavy atom. The second-order valence-electron chi connectivity index (χ2n) is 9.64. The lowest BCUT2D eigenvalue weighted by atomic mass is 9.90. The largest absolute Gasteiger partial charge is 0.490 e. The van der Waals surface area contributed by atoms with Crippen LogP contribution in [0.2, 0.25) is 0 Å². The van der Waals surface area contributed by atoms with E-state index in [9.17, 15) is 14.7 Å². The summed E-state index contributed by atoms with van der Waals surface area (Å²) in [4.78, 5) is 24.8. The standard InChI is InChI=1S/C29H28O7/c30-17(15-33-22-11-5-13-24-26(22)18-7-1-3-9-20(18)28(31)35-24)16-34-23-12-6-14-25-27(23)19-8-2-4-10-21(19)29(32)36-25/h5-6,11-14,17,30H,1-4,7-10,15-16H2. The lowest BCUT2D eigenvalue weighted by Gasteiger charge is -2.20. The number of hydrogen-bond acceptors (Lipinski definition) is 7. The molecule has 2 aliphatic rings. The third-order valence-electron chi connectivity index (χ3n) is 7.28. The van der Waals surface area contributed by atoms with Crippen molar-refractivity contribution >= 4 is 21.9 Å². The van der Waals surface area contributed by atoms with Crippen molar-refractivity contribution in [3.05, 3.63) is 79.5 Å². The fraction of sp³-hybridized carbons (Fsp3) is 0.379.